The summed E-state index contributed by atoms with van der Waals surface area (Å²) in [6.07, 6.45) is 0. The van der Waals surface area contributed by atoms with Crippen molar-refractivity contribution in [3.8, 4) is 5.75 Å². The van der Waals surface area contributed by atoms with E-state index in [0.29, 0.717) is 0 Å². The largest absolute Gasteiger partial charge is 0.496 e. The van der Waals surface area contributed by atoms with Crippen LogP contribution < -0.4 is 9.64 Å². The Balaban J connectivity index is 1.68. The number of benzene rings is 2. The lowest BCUT2D eigenvalue weighted by Gasteiger charge is -2.41. The van der Waals surface area contributed by atoms with Gasteiger partial charge in [-0.3, -0.25) is 4.90 Å². The van der Waals surface area contributed by atoms with Gasteiger partial charge < -0.3 is 9.64 Å². The van der Waals surface area contributed by atoms with Crippen LogP contribution in [0.1, 0.15) is 49.3 Å². The van der Waals surface area contributed by atoms with Crippen LogP contribution in [0.2, 0.25) is 0 Å². The Morgan fingerprint density at radius 1 is 0.969 bits per heavy atom. The summed E-state index contributed by atoms with van der Waals surface area (Å²) < 4.78 is 7.69. The molecule has 1 atom stereocenters. The zero-order chi connectivity index (χ0) is 22.9. The van der Waals surface area contributed by atoms with Crippen molar-refractivity contribution in [3.63, 3.8) is 0 Å². The number of tetrazole rings is 1. The lowest BCUT2D eigenvalue weighted by atomic mass is 10.00. The highest BCUT2D eigenvalue weighted by atomic mass is 16.5. The molecule has 3 aromatic rings. The van der Waals surface area contributed by atoms with Crippen molar-refractivity contribution in [1.29, 1.82) is 0 Å². The first kappa shape index (κ1) is 22.3. The number of hydrogen-bond donors (Lipinski definition) is 0. The summed E-state index contributed by atoms with van der Waals surface area (Å²) in [7, 11) is 1.72. The maximum atomic E-state index is 5.75. The van der Waals surface area contributed by atoms with Gasteiger partial charge in [0.25, 0.3) is 0 Å². The molecule has 0 radical (unpaired) electrons. The quantitative estimate of drug-likeness (QED) is 0.606. The van der Waals surface area contributed by atoms with Crippen LogP contribution in [0.5, 0.6) is 5.75 Å². The van der Waals surface area contributed by atoms with Crippen LogP contribution in [-0.4, -0.2) is 58.4 Å². The molecule has 170 valence electrons. The SMILES string of the molecule is COc1ccccc1[C@@H](c1nnnn1C(C)(C)C)N1CCN(c2cc(C)ccc2C)CC1. The van der Waals surface area contributed by atoms with Gasteiger partial charge in [-0.25, -0.2) is 4.68 Å². The summed E-state index contributed by atoms with van der Waals surface area (Å²) in [5, 5.41) is 12.9. The first-order chi connectivity index (χ1) is 15.3. The number of hydrogen-bond acceptors (Lipinski definition) is 6. The fourth-order valence-electron chi connectivity index (χ4n) is 4.51. The van der Waals surface area contributed by atoms with Gasteiger partial charge in [0.2, 0.25) is 0 Å². The van der Waals surface area contributed by atoms with Crippen molar-refractivity contribution in [2.45, 2.75) is 46.2 Å². The third kappa shape index (κ3) is 4.35. The van der Waals surface area contributed by atoms with Crippen LogP contribution in [0.25, 0.3) is 0 Å². The molecule has 32 heavy (non-hydrogen) atoms. The highest BCUT2D eigenvalue weighted by Crippen LogP contribution is 2.36. The van der Waals surface area contributed by atoms with Gasteiger partial charge >= 0.3 is 0 Å². The third-order valence-corrected chi connectivity index (χ3v) is 6.19. The van der Waals surface area contributed by atoms with Crippen LogP contribution in [0.15, 0.2) is 42.5 Å². The summed E-state index contributed by atoms with van der Waals surface area (Å²) in [6.45, 7) is 14.5. The van der Waals surface area contributed by atoms with Gasteiger partial charge in [-0.15, -0.1) is 5.10 Å². The molecule has 0 saturated carbocycles. The fraction of sp³-hybridized carbons (Fsp3) is 0.480. The molecule has 0 unspecified atom stereocenters. The number of piperazine rings is 1. The highest BCUT2D eigenvalue weighted by Gasteiger charge is 2.34. The van der Waals surface area contributed by atoms with E-state index >= 15 is 0 Å². The third-order valence-electron chi connectivity index (χ3n) is 6.19. The van der Waals surface area contributed by atoms with Gasteiger partial charge in [0, 0.05) is 37.4 Å². The van der Waals surface area contributed by atoms with E-state index < -0.39 is 0 Å². The van der Waals surface area contributed by atoms with Gasteiger partial charge in [0.15, 0.2) is 5.82 Å². The van der Waals surface area contributed by atoms with E-state index in [1.165, 1.54) is 16.8 Å². The average molecular weight is 435 g/mol. The molecular formula is C25H34N6O. The zero-order valence-electron chi connectivity index (χ0n) is 20.0. The number of nitrogens with zero attached hydrogens (tertiary/aromatic N) is 6. The summed E-state index contributed by atoms with van der Waals surface area (Å²) in [6, 6.07) is 14.8. The van der Waals surface area contributed by atoms with Gasteiger partial charge in [0.05, 0.1) is 12.6 Å². The molecule has 1 aromatic heterocycles. The minimum absolute atomic E-state index is 0.0823. The number of aromatic nitrogens is 4. The van der Waals surface area contributed by atoms with Crippen LogP contribution in [0, 0.1) is 13.8 Å². The summed E-state index contributed by atoms with van der Waals surface area (Å²) in [5.74, 6) is 1.71. The molecule has 0 bridgehead atoms. The number of rotatable bonds is 5. The molecule has 0 amide bonds. The maximum absolute atomic E-state index is 5.75. The second kappa shape index (κ2) is 8.90. The minimum Gasteiger partial charge on any atom is -0.496 e. The number of aryl methyl sites for hydroxylation is 2. The van der Waals surface area contributed by atoms with Crippen molar-refractivity contribution in [3.05, 3.63) is 65.0 Å². The predicted octanol–water partition coefficient (Wildman–Crippen LogP) is 3.97. The molecular weight excluding hydrogens is 400 g/mol. The molecule has 2 heterocycles. The van der Waals surface area contributed by atoms with Crippen molar-refractivity contribution >= 4 is 5.69 Å². The van der Waals surface area contributed by atoms with E-state index in [4.69, 9.17) is 4.74 Å². The normalized spacial score (nSPS) is 16.2. The minimum atomic E-state index is -0.223. The molecule has 1 aliphatic rings. The summed E-state index contributed by atoms with van der Waals surface area (Å²) in [5.41, 5.74) is 4.82. The van der Waals surface area contributed by atoms with E-state index in [1.807, 2.05) is 16.8 Å². The number of para-hydroxylation sites is 1. The van der Waals surface area contributed by atoms with Crippen molar-refractivity contribution in [2.75, 3.05) is 38.2 Å². The number of methoxy groups -OCH3 is 1. The average Bonchev–Trinajstić information content (AvgIpc) is 3.27. The molecule has 1 saturated heterocycles. The first-order valence-electron chi connectivity index (χ1n) is 11.3. The number of ether oxygens (including phenoxy) is 1. The Kier molecular flexibility index (Phi) is 6.20. The lowest BCUT2D eigenvalue weighted by molar-refractivity contribution is 0.188. The van der Waals surface area contributed by atoms with E-state index in [0.717, 1.165) is 43.3 Å². The van der Waals surface area contributed by atoms with Gasteiger partial charge in [0.1, 0.15) is 11.8 Å². The summed E-state index contributed by atoms with van der Waals surface area (Å²) >= 11 is 0. The van der Waals surface area contributed by atoms with Crippen molar-refractivity contribution in [1.82, 2.24) is 25.1 Å². The Hall–Kier alpha value is -2.93. The fourth-order valence-corrected chi connectivity index (χ4v) is 4.51. The molecule has 4 rings (SSSR count). The Labute approximate surface area is 191 Å². The van der Waals surface area contributed by atoms with Gasteiger partial charge in [-0.05, 0) is 68.3 Å². The first-order valence-corrected chi connectivity index (χ1v) is 11.3. The zero-order valence-corrected chi connectivity index (χ0v) is 20.0. The molecule has 0 N–H and O–H groups in total. The van der Waals surface area contributed by atoms with Crippen LogP contribution in [-0.2, 0) is 5.54 Å². The van der Waals surface area contributed by atoms with E-state index in [9.17, 15) is 0 Å². The highest BCUT2D eigenvalue weighted by molar-refractivity contribution is 5.55. The Bertz CT molecular complexity index is 1060. The lowest BCUT2D eigenvalue weighted by Crippen LogP contribution is -2.49. The number of anilines is 1. The Morgan fingerprint density at radius 2 is 1.69 bits per heavy atom. The van der Waals surface area contributed by atoms with E-state index in [1.54, 1.807) is 7.11 Å². The second-order valence-electron chi connectivity index (χ2n) is 9.58. The monoisotopic (exact) mass is 434 g/mol. The standard InChI is InChI=1S/C25H34N6O/c1-18-11-12-19(2)21(17-18)29-13-15-30(16-14-29)23(20-9-7-8-10-22(20)32-6)24-26-27-28-31(24)25(3,4)5/h7-12,17,23H,13-16H2,1-6H3/t23-/m0/s1. The topological polar surface area (TPSA) is 59.3 Å². The van der Waals surface area contributed by atoms with Crippen molar-refractivity contribution in [2.24, 2.45) is 0 Å². The van der Waals surface area contributed by atoms with Gasteiger partial charge in [-0.2, -0.15) is 0 Å². The van der Waals surface area contributed by atoms with Crippen LogP contribution in [0.3, 0.4) is 0 Å². The van der Waals surface area contributed by atoms with E-state index in [2.05, 4.69) is 90.3 Å². The van der Waals surface area contributed by atoms with Crippen LogP contribution in [0.4, 0.5) is 5.69 Å². The molecule has 2 aromatic carbocycles. The second-order valence-corrected chi connectivity index (χ2v) is 9.58. The Morgan fingerprint density at radius 3 is 2.38 bits per heavy atom. The van der Waals surface area contributed by atoms with Gasteiger partial charge in [-0.1, -0.05) is 30.3 Å². The summed E-state index contributed by atoms with van der Waals surface area (Å²) in [4.78, 5) is 4.97. The molecule has 7 heteroatoms. The molecule has 0 spiro atoms. The predicted molar refractivity (Wildman–Crippen MR) is 127 cm³/mol. The maximum Gasteiger partial charge on any atom is 0.173 e. The molecule has 1 aliphatic heterocycles. The molecule has 1 fully saturated rings. The smallest absolute Gasteiger partial charge is 0.173 e. The van der Waals surface area contributed by atoms with E-state index in [-0.39, 0.29) is 11.6 Å². The molecule has 7 nitrogen and oxygen atoms in total. The molecule has 0 aliphatic carbocycles. The van der Waals surface area contributed by atoms with Crippen molar-refractivity contribution < 1.29 is 4.74 Å². The van der Waals surface area contributed by atoms with Crippen LogP contribution >= 0.6 is 0 Å².